The molecule has 2 rings (SSSR count). The molecule has 0 spiro atoms. The average molecular weight is 283 g/mol. The fourth-order valence-corrected chi connectivity index (χ4v) is 2.03. The number of aromatic nitrogens is 1. The van der Waals surface area contributed by atoms with Crippen molar-refractivity contribution >= 4 is 0 Å². The van der Waals surface area contributed by atoms with E-state index in [1.54, 1.807) is 19.3 Å². The van der Waals surface area contributed by atoms with E-state index in [0.717, 1.165) is 22.4 Å². The number of pyridine rings is 1. The van der Waals surface area contributed by atoms with Crippen LogP contribution in [0.1, 0.15) is 12.5 Å². The molecule has 1 aromatic carbocycles. The third kappa shape index (κ3) is 4.33. The minimum Gasteiger partial charge on any atom is -0.393 e. The molecule has 3 N–H and O–H groups in total. The lowest BCUT2D eigenvalue weighted by Crippen LogP contribution is -2.23. The number of aliphatic hydroxyl groups excluding tert-OH is 1. The molecule has 0 saturated heterocycles. The zero-order valence-corrected chi connectivity index (χ0v) is 12.4. The van der Waals surface area contributed by atoms with Crippen molar-refractivity contribution in [3.63, 3.8) is 0 Å². The summed E-state index contributed by atoms with van der Waals surface area (Å²) in [5.74, 6) is 0. The molecular weight excluding hydrogens is 262 g/mol. The van der Waals surface area contributed by atoms with Crippen LogP contribution in [0.15, 0.2) is 60.7 Å². The standard InChI is InChI=1S/C17H21N3O/c1-13(21)17(12-18-2)20-10-14-5-7-15(8-6-14)16-4-3-9-19-11-16/h3-9,11-13,18,20-21H,10H2,1-2H3/b17-12-. The molecule has 0 fully saturated rings. The number of benzene rings is 1. The SMILES string of the molecule is CN/C=C(\NCc1ccc(-c2cccnc2)cc1)C(C)O. The molecule has 0 saturated carbocycles. The van der Waals surface area contributed by atoms with Crippen LogP contribution in [0.4, 0.5) is 0 Å². The van der Waals surface area contributed by atoms with Gasteiger partial charge in [-0.1, -0.05) is 30.3 Å². The summed E-state index contributed by atoms with van der Waals surface area (Å²) in [7, 11) is 1.81. The minimum atomic E-state index is -0.521. The predicted octanol–water partition coefficient (Wildman–Crippen LogP) is 2.28. The Kier molecular flexibility index (Phi) is 5.35. The predicted molar refractivity (Wildman–Crippen MR) is 85.3 cm³/mol. The molecule has 1 atom stereocenters. The Morgan fingerprint density at radius 3 is 2.57 bits per heavy atom. The van der Waals surface area contributed by atoms with Crippen molar-refractivity contribution in [2.75, 3.05) is 7.05 Å². The number of nitrogens with one attached hydrogen (secondary N) is 2. The van der Waals surface area contributed by atoms with Gasteiger partial charge in [0, 0.05) is 32.2 Å². The first-order valence-corrected chi connectivity index (χ1v) is 6.99. The number of hydrogen-bond acceptors (Lipinski definition) is 4. The quantitative estimate of drug-likeness (QED) is 0.761. The molecule has 0 amide bonds. The van der Waals surface area contributed by atoms with Crippen molar-refractivity contribution in [3.8, 4) is 11.1 Å². The van der Waals surface area contributed by atoms with Crippen LogP contribution in [-0.4, -0.2) is 23.2 Å². The first kappa shape index (κ1) is 15.1. The highest BCUT2D eigenvalue weighted by atomic mass is 16.3. The van der Waals surface area contributed by atoms with Crippen LogP contribution < -0.4 is 10.6 Å². The molecule has 110 valence electrons. The van der Waals surface area contributed by atoms with Gasteiger partial charge in [-0.2, -0.15) is 0 Å². The lowest BCUT2D eigenvalue weighted by molar-refractivity contribution is 0.221. The monoisotopic (exact) mass is 283 g/mol. The second kappa shape index (κ2) is 7.45. The summed E-state index contributed by atoms with van der Waals surface area (Å²) in [6.07, 6.45) is 4.88. The number of aliphatic hydroxyl groups is 1. The molecule has 0 aliphatic carbocycles. The molecule has 21 heavy (non-hydrogen) atoms. The van der Waals surface area contributed by atoms with Gasteiger partial charge >= 0.3 is 0 Å². The molecule has 4 heteroatoms. The van der Waals surface area contributed by atoms with E-state index in [9.17, 15) is 5.11 Å². The Morgan fingerprint density at radius 2 is 2.00 bits per heavy atom. The normalized spacial score (nSPS) is 12.8. The van der Waals surface area contributed by atoms with Gasteiger partial charge in [0.15, 0.2) is 0 Å². The zero-order chi connectivity index (χ0) is 15.1. The van der Waals surface area contributed by atoms with Crippen molar-refractivity contribution in [1.29, 1.82) is 0 Å². The summed E-state index contributed by atoms with van der Waals surface area (Å²) in [5, 5.41) is 15.8. The van der Waals surface area contributed by atoms with Crippen LogP contribution in [0, 0.1) is 0 Å². The van der Waals surface area contributed by atoms with Crippen LogP contribution in [0.25, 0.3) is 11.1 Å². The molecular formula is C17H21N3O. The summed E-state index contributed by atoms with van der Waals surface area (Å²) in [6.45, 7) is 2.41. The van der Waals surface area contributed by atoms with Crippen LogP contribution in [-0.2, 0) is 6.54 Å². The van der Waals surface area contributed by atoms with Crippen molar-refractivity contribution < 1.29 is 5.11 Å². The van der Waals surface area contributed by atoms with Gasteiger partial charge in [0.25, 0.3) is 0 Å². The molecule has 1 heterocycles. The van der Waals surface area contributed by atoms with E-state index in [-0.39, 0.29) is 0 Å². The summed E-state index contributed by atoms with van der Waals surface area (Å²) in [5.41, 5.74) is 4.18. The second-order valence-electron chi connectivity index (χ2n) is 4.86. The van der Waals surface area contributed by atoms with E-state index in [1.807, 2.05) is 25.4 Å². The van der Waals surface area contributed by atoms with Gasteiger partial charge in [0.05, 0.1) is 11.8 Å². The van der Waals surface area contributed by atoms with E-state index in [1.165, 1.54) is 0 Å². The van der Waals surface area contributed by atoms with Gasteiger partial charge in [-0.15, -0.1) is 0 Å². The maximum atomic E-state index is 9.64. The highest BCUT2D eigenvalue weighted by Gasteiger charge is 2.04. The van der Waals surface area contributed by atoms with Gasteiger partial charge in [-0.25, -0.2) is 0 Å². The van der Waals surface area contributed by atoms with E-state index >= 15 is 0 Å². The summed E-state index contributed by atoms with van der Waals surface area (Å²) in [4.78, 5) is 4.13. The average Bonchev–Trinajstić information content (AvgIpc) is 2.52. The lowest BCUT2D eigenvalue weighted by atomic mass is 10.1. The largest absolute Gasteiger partial charge is 0.393 e. The van der Waals surface area contributed by atoms with Crippen molar-refractivity contribution in [2.24, 2.45) is 0 Å². The number of rotatable bonds is 6. The van der Waals surface area contributed by atoms with Crippen molar-refractivity contribution in [2.45, 2.75) is 19.6 Å². The number of nitrogens with zero attached hydrogens (tertiary/aromatic N) is 1. The van der Waals surface area contributed by atoms with Crippen LogP contribution >= 0.6 is 0 Å². The first-order valence-electron chi connectivity index (χ1n) is 6.99. The molecule has 1 aromatic heterocycles. The molecule has 4 nitrogen and oxygen atoms in total. The van der Waals surface area contributed by atoms with Crippen LogP contribution in [0.2, 0.25) is 0 Å². The maximum absolute atomic E-state index is 9.64. The molecule has 1 unspecified atom stereocenters. The zero-order valence-electron chi connectivity index (χ0n) is 12.4. The molecule has 0 aliphatic heterocycles. The summed E-state index contributed by atoms with van der Waals surface area (Å²) in [6, 6.07) is 12.3. The topological polar surface area (TPSA) is 57.2 Å². The van der Waals surface area contributed by atoms with Crippen molar-refractivity contribution in [3.05, 3.63) is 66.3 Å². The number of hydrogen-bond donors (Lipinski definition) is 3. The van der Waals surface area contributed by atoms with E-state index in [0.29, 0.717) is 6.54 Å². The maximum Gasteiger partial charge on any atom is 0.0921 e. The Morgan fingerprint density at radius 1 is 1.24 bits per heavy atom. The fourth-order valence-electron chi connectivity index (χ4n) is 2.03. The van der Waals surface area contributed by atoms with Crippen molar-refractivity contribution in [1.82, 2.24) is 15.6 Å². The fraction of sp³-hybridized carbons (Fsp3) is 0.235. The van der Waals surface area contributed by atoms with Gasteiger partial charge < -0.3 is 15.7 Å². The third-order valence-electron chi connectivity index (χ3n) is 3.20. The Balaban J connectivity index is 2.01. The van der Waals surface area contributed by atoms with Gasteiger partial charge in [0.2, 0.25) is 0 Å². The van der Waals surface area contributed by atoms with Crippen LogP contribution in [0.3, 0.4) is 0 Å². The van der Waals surface area contributed by atoms with Crippen LogP contribution in [0.5, 0.6) is 0 Å². The lowest BCUT2D eigenvalue weighted by Gasteiger charge is -2.14. The second-order valence-corrected chi connectivity index (χ2v) is 4.86. The smallest absolute Gasteiger partial charge is 0.0921 e. The molecule has 2 aromatic rings. The molecule has 0 aliphatic rings. The first-order chi connectivity index (χ1) is 10.2. The highest BCUT2D eigenvalue weighted by Crippen LogP contribution is 2.18. The van der Waals surface area contributed by atoms with E-state index < -0.39 is 6.10 Å². The van der Waals surface area contributed by atoms with E-state index in [4.69, 9.17) is 0 Å². The van der Waals surface area contributed by atoms with E-state index in [2.05, 4.69) is 39.9 Å². The Labute approximate surface area is 125 Å². The minimum absolute atomic E-state index is 0.521. The summed E-state index contributed by atoms with van der Waals surface area (Å²) < 4.78 is 0. The van der Waals surface area contributed by atoms with Gasteiger partial charge in [-0.3, -0.25) is 4.98 Å². The third-order valence-corrected chi connectivity index (χ3v) is 3.20. The van der Waals surface area contributed by atoms with Gasteiger partial charge in [-0.05, 0) is 29.7 Å². The highest BCUT2D eigenvalue weighted by molar-refractivity contribution is 5.62. The molecule has 0 radical (unpaired) electrons. The summed E-state index contributed by atoms with van der Waals surface area (Å²) >= 11 is 0. The Bertz CT molecular complexity index is 577. The Hall–Kier alpha value is -2.33. The molecule has 0 bridgehead atoms. The van der Waals surface area contributed by atoms with Gasteiger partial charge in [0.1, 0.15) is 0 Å².